The Hall–Kier alpha value is -4.74. The Morgan fingerprint density at radius 2 is 1.86 bits per heavy atom. The summed E-state index contributed by atoms with van der Waals surface area (Å²) in [5.41, 5.74) is -0.413. The zero-order chi connectivity index (χ0) is 24.9. The molecule has 0 spiro atoms. The van der Waals surface area contributed by atoms with Gasteiger partial charge in [-0.1, -0.05) is 23.4 Å². The number of carbonyl (C=O) groups excluding carboxylic acids is 1. The molecule has 2 aromatic heterocycles. The summed E-state index contributed by atoms with van der Waals surface area (Å²) >= 11 is 0. The molecule has 1 N–H and O–H groups in total. The summed E-state index contributed by atoms with van der Waals surface area (Å²) in [6.07, 6.45) is 0. The van der Waals surface area contributed by atoms with Gasteiger partial charge in [-0.2, -0.15) is 14.8 Å². The number of methoxy groups -OCH3 is 2. The fourth-order valence-corrected chi connectivity index (χ4v) is 3.35. The fourth-order valence-electron chi connectivity index (χ4n) is 3.35. The maximum absolute atomic E-state index is 12.9. The molecular formula is C23H22N6O6. The third kappa shape index (κ3) is 4.67. The van der Waals surface area contributed by atoms with E-state index in [9.17, 15) is 14.4 Å². The highest BCUT2D eigenvalue weighted by atomic mass is 16.5. The molecule has 0 aliphatic heterocycles. The quantitative estimate of drug-likeness (QED) is 0.397. The van der Waals surface area contributed by atoms with Gasteiger partial charge in [0.15, 0.2) is 5.69 Å². The molecule has 180 valence electrons. The van der Waals surface area contributed by atoms with Gasteiger partial charge in [0.1, 0.15) is 11.5 Å². The van der Waals surface area contributed by atoms with Crippen molar-refractivity contribution in [1.29, 1.82) is 0 Å². The molecule has 35 heavy (non-hydrogen) atoms. The van der Waals surface area contributed by atoms with Crippen molar-refractivity contribution in [3.8, 4) is 28.7 Å². The normalized spacial score (nSPS) is 10.7. The molecule has 0 atom stereocenters. The smallest absolute Gasteiger partial charge is 0.352 e. The van der Waals surface area contributed by atoms with Crippen molar-refractivity contribution in [2.75, 3.05) is 14.2 Å². The second kappa shape index (κ2) is 10.0. The van der Waals surface area contributed by atoms with Crippen LogP contribution in [0.25, 0.3) is 17.2 Å². The van der Waals surface area contributed by atoms with E-state index in [1.165, 1.54) is 14.2 Å². The van der Waals surface area contributed by atoms with Crippen molar-refractivity contribution in [2.45, 2.75) is 20.0 Å². The SMILES string of the molecule is CCn1c(=O)c(-c2noc(C(=O)NCc3cc(OC)ccc3OC)n2)nn(-c2ccccc2)c1=O. The maximum atomic E-state index is 12.9. The van der Waals surface area contributed by atoms with Crippen LogP contribution in [-0.2, 0) is 13.1 Å². The van der Waals surface area contributed by atoms with E-state index in [1.54, 1.807) is 55.5 Å². The first-order valence-electron chi connectivity index (χ1n) is 10.6. The second-order valence-electron chi connectivity index (χ2n) is 7.21. The Morgan fingerprint density at radius 3 is 2.54 bits per heavy atom. The number of para-hydroxylation sites is 1. The van der Waals surface area contributed by atoms with Crippen LogP contribution in [0.5, 0.6) is 11.5 Å². The third-order valence-corrected chi connectivity index (χ3v) is 5.14. The minimum absolute atomic E-state index is 0.0939. The van der Waals surface area contributed by atoms with Crippen LogP contribution >= 0.6 is 0 Å². The van der Waals surface area contributed by atoms with Crippen molar-refractivity contribution in [2.24, 2.45) is 0 Å². The zero-order valence-corrected chi connectivity index (χ0v) is 19.2. The van der Waals surface area contributed by atoms with E-state index >= 15 is 0 Å². The van der Waals surface area contributed by atoms with E-state index in [0.717, 1.165) is 9.25 Å². The molecule has 12 heteroatoms. The number of hydrogen-bond acceptors (Lipinski definition) is 9. The molecule has 4 rings (SSSR count). The lowest BCUT2D eigenvalue weighted by atomic mass is 10.2. The van der Waals surface area contributed by atoms with Gasteiger partial charge in [-0.15, -0.1) is 0 Å². The van der Waals surface area contributed by atoms with E-state index in [2.05, 4.69) is 20.6 Å². The van der Waals surface area contributed by atoms with Crippen LogP contribution in [0.1, 0.15) is 23.2 Å². The summed E-state index contributed by atoms with van der Waals surface area (Å²) in [7, 11) is 3.05. The van der Waals surface area contributed by atoms with Gasteiger partial charge in [-0.25, -0.2) is 4.79 Å². The van der Waals surface area contributed by atoms with Gasteiger partial charge in [0, 0.05) is 18.7 Å². The summed E-state index contributed by atoms with van der Waals surface area (Å²) in [5.74, 6) is -0.0952. The highest BCUT2D eigenvalue weighted by Crippen LogP contribution is 2.23. The first-order valence-corrected chi connectivity index (χ1v) is 10.6. The molecule has 1 amide bonds. The average molecular weight is 478 g/mol. The molecule has 0 aliphatic rings. The number of rotatable bonds is 8. The predicted molar refractivity (Wildman–Crippen MR) is 124 cm³/mol. The van der Waals surface area contributed by atoms with Crippen molar-refractivity contribution in [1.82, 2.24) is 29.8 Å². The number of nitrogens with zero attached hydrogens (tertiary/aromatic N) is 5. The van der Waals surface area contributed by atoms with E-state index in [4.69, 9.17) is 14.0 Å². The third-order valence-electron chi connectivity index (χ3n) is 5.14. The number of ether oxygens (including phenoxy) is 2. The Bertz CT molecular complexity index is 1470. The second-order valence-corrected chi connectivity index (χ2v) is 7.21. The first-order chi connectivity index (χ1) is 17.0. The van der Waals surface area contributed by atoms with Gasteiger partial charge in [0.25, 0.3) is 5.56 Å². The van der Waals surface area contributed by atoms with Crippen molar-refractivity contribution >= 4 is 5.91 Å². The molecule has 0 aliphatic carbocycles. The highest BCUT2D eigenvalue weighted by molar-refractivity contribution is 5.89. The predicted octanol–water partition coefficient (Wildman–Crippen LogP) is 1.41. The minimum Gasteiger partial charge on any atom is -0.497 e. The first kappa shape index (κ1) is 23.4. The molecule has 2 aromatic carbocycles. The molecule has 4 aromatic rings. The monoisotopic (exact) mass is 478 g/mol. The lowest BCUT2D eigenvalue weighted by Crippen LogP contribution is -2.41. The van der Waals surface area contributed by atoms with Crippen molar-refractivity contribution in [3.63, 3.8) is 0 Å². The Labute approximate surface area is 198 Å². The van der Waals surface area contributed by atoms with Crippen molar-refractivity contribution in [3.05, 3.63) is 80.8 Å². The minimum atomic E-state index is -0.696. The van der Waals surface area contributed by atoms with E-state index in [-0.39, 0.29) is 30.5 Å². The topological polar surface area (TPSA) is 143 Å². The number of benzene rings is 2. The molecule has 0 saturated carbocycles. The Kier molecular flexibility index (Phi) is 6.71. The van der Waals surface area contributed by atoms with Gasteiger partial charge < -0.3 is 19.3 Å². The molecule has 2 heterocycles. The van der Waals surface area contributed by atoms with Gasteiger partial charge in [0.2, 0.25) is 5.82 Å². The molecule has 0 radical (unpaired) electrons. The van der Waals surface area contributed by atoms with E-state index in [1.807, 2.05) is 0 Å². The fraction of sp³-hybridized carbons (Fsp3) is 0.217. The maximum Gasteiger partial charge on any atom is 0.352 e. The lowest BCUT2D eigenvalue weighted by molar-refractivity contribution is 0.0906. The zero-order valence-electron chi connectivity index (χ0n) is 19.2. The Balaban J connectivity index is 1.63. The van der Waals surface area contributed by atoms with Crippen LogP contribution < -0.4 is 26.0 Å². The molecule has 0 fully saturated rings. The summed E-state index contributed by atoms with van der Waals surface area (Å²) in [5, 5.41) is 10.6. The molecule has 0 unspecified atom stereocenters. The van der Waals surface area contributed by atoms with E-state index < -0.39 is 17.2 Å². The standard InChI is InChI=1S/C23H22N6O6/c1-4-28-22(31)18(26-29(23(28)32)15-8-6-5-7-9-15)19-25-21(35-27-19)20(30)24-13-14-12-16(33-2)10-11-17(14)34-3/h5-12H,4,13H2,1-3H3,(H,24,30). The van der Waals surface area contributed by atoms with Gasteiger partial charge in [-0.3, -0.25) is 14.2 Å². The highest BCUT2D eigenvalue weighted by Gasteiger charge is 2.22. The number of aromatic nitrogens is 5. The number of amides is 1. The van der Waals surface area contributed by atoms with Gasteiger partial charge in [-0.05, 0) is 37.3 Å². The molecule has 0 bridgehead atoms. The molecular weight excluding hydrogens is 456 g/mol. The van der Waals surface area contributed by atoms with Gasteiger partial charge >= 0.3 is 17.5 Å². The van der Waals surface area contributed by atoms with Crippen LogP contribution in [0.15, 0.2) is 62.6 Å². The van der Waals surface area contributed by atoms with Gasteiger partial charge in [0.05, 0.1) is 19.9 Å². The van der Waals surface area contributed by atoms with Crippen LogP contribution in [0.4, 0.5) is 0 Å². The summed E-state index contributed by atoms with van der Waals surface area (Å²) in [4.78, 5) is 42.3. The van der Waals surface area contributed by atoms with Crippen LogP contribution in [0.2, 0.25) is 0 Å². The lowest BCUT2D eigenvalue weighted by Gasteiger charge is -2.10. The Morgan fingerprint density at radius 1 is 1.09 bits per heavy atom. The van der Waals surface area contributed by atoms with Crippen LogP contribution in [0, 0.1) is 0 Å². The summed E-state index contributed by atoms with van der Waals surface area (Å²) in [6.45, 7) is 1.86. The number of hydrogen-bond donors (Lipinski definition) is 1. The average Bonchev–Trinajstić information content (AvgIpc) is 3.38. The van der Waals surface area contributed by atoms with E-state index in [0.29, 0.717) is 22.7 Å². The summed E-state index contributed by atoms with van der Waals surface area (Å²) in [6, 6.07) is 13.8. The van der Waals surface area contributed by atoms with Crippen molar-refractivity contribution < 1.29 is 18.8 Å². The van der Waals surface area contributed by atoms with Crippen LogP contribution in [0.3, 0.4) is 0 Å². The largest absolute Gasteiger partial charge is 0.497 e. The van der Waals surface area contributed by atoms with Crippen LogP contribution in [-0.4, -0.2) is 44.6 Å². The molecule has 12 nitrogen and oxygen atoms in total. The number of carbonyl (C=O) groups is 1. The number of nitrogens with one attached hydrogen (secondary N) is 1. The summed E-state index contributed by atoms with van der Waals surface area (Å²) < 4.78 is 17.7. The molecule has 0 saturated heterocycles.